The van der Waals surface area contributed by atoms with Crippen molar-refractivity contribution in [2.75, 3.05) is 0 Å². The van der Waals surface area contributed by atoms with Gasteiger partial charge in [-0.15, -0.1) is 0 Å². The molecule has 1 rings (SSSR count). The summed E-state index contributed by atoms with van der Waals surface area (Å²) >= 11 is 0. The first-order valence-corrected chi connectivity index (χ1v) is 3.99. The zero-order valence-electron chi connectivity index (χ0n) is 7.70. The van der Waals surface area contributed by atoms with Crippen LogP contribution in [0.2, 0.25) is 0 Å². The van der Waals surface area contributed by atoms with Crippen LogP contribution in [-0.2, 0) is 0 Å². The van der Waals surface area contributed by atoms with Crippen molar-refractivity contribution in [2.24, 2.45) is 4.99 Å². The molecule has 0 radical (unpaired) electrons. The molecule has 0 fully saturated rings. The van der Waals surface area contributed by atoms with Crippen molar-refractivity contribution in [1.82, 2.24) is 0 Å². The van der Waals surface area contributed by atoms with Crippen molar-refractivity contribution < 1.29 is 5.11 Å². The van der Waals surface area contributed by atoms with Crippen LogP contribution in [0.4, 0.5) is 5.69 Å². The molecule has 0 heterocycles. The molecule has 1 aromatic rings. The lowest BCUT2D eigenvalue weighted by atomic mass is 10.2. The molecule has 0 aliphatic heterocycles. The van der Waals surface area contributed by atoms with Crippen LogP contribution in [0.25, 0.3) is 0 Å². The van der Waals surface area contributed by atoms with Gasteiger partial charge < -0.3 is 10.5 Å². The largest absolute Gasteiger partial charge is 0.508 e. The van der Waals surface area contributed by atoms with E-state index in [4.69, 9.17) is 10.5 Å². The molecular weight excluding hydrogens is 164 g/mol. The van der Waals surface area contributed by atoms with E-state index in [2.05, 4.69) is 4.99 Å². The number of hydrogen-bond donors (Lipinski definition) is 2. The highest BCUT2D eigenvalue weighted by Crippen LogP contribution is 2.16. The van der Waals surface area contributed by atoms with Gasteiger partial charge in [-0.05, 0) is 38.1 Å². The van der Waals surface area contributed by atoms with Crippen LogP contribution in [0, 0.1) is 5.41 Å². The molecular formula is C10H12N2O. The van der Waals surface area contributed by atoms with Gasteiger partial charge in [-0.2, -0.15) is 0 Å². The first kappa shape index (κ1) is 9.45. The number of benzene rings is 1. The monoisotopic (exact) mass is 176 g/mol. The molecule has 0 spiro atoms. The van der Waals surface area contributed by atoms with Gasteiger partial charge in [-0.25, -0.2) is 0 Å². The summed E-state index contributed by atoms with van der Waals surface area (Å²) in [6.45, 7) is 3.48. The fourth-order valence-electron chi connectivity index (χ4n) is 0.805. The fourth-order valence-corrected chi connectivity index (χ4v) is 0.805. The number of rotatable bonds is 2. The lowest BCUT2D eigenvalue weighted by Crippen LogP contribution is -2.01. The summed E-state index contributed by atoms with van der Waals surface area (Å²) in [6.07, 6.45) is 0. The van der Waals surface area contributed by atoms with Crippen molar-refractivity contribution in [2.45, 2.75) is 13.8 Å². The first-order valence-electron chi connectivity index (χ1n) is 3.99. The highest BCUT2D eigenvalue weighted by atomic mass is 16.3. The third-order valence-electron chi connectivity index (χ3n) is 1.69. The summed E-state index contributed by atoms with van der Waals surface area (Å²) < 4.78 is 0. The Morgan fingerprint density at radius 1 is 1.23 bits per heavy atom. The molecule has 3 nitrogen and oxygen atoms in total. The van der Waals surface area contributed by atoms with Crippen LogP contribution in [0.3, 0.4) is 0 Å². The number of hydrogen-bond acceptors (Lipinski definition) is 3. The highest BCUT2D eigenvalue weighted by Gasteiger charge is 1.94. The maximum atomic E-state index is 9.01. The van der Waals surface area contributed by atoms with Gasteiger partial charge in [-0.3, -0.25) is 4.99 Å². The van der Waals surface area contributed by atoms with Gasteiger partial charge in [0.2, 0.25) is 0 Å². The van der Waals surface area contributed by atoms with E-state index in [0.29, 0.717) is 11.4 Å². The molecule has 0 aromatic heterocycles. The molecule has 0 bridgehead atoms. The van der Waals surface area contributed by atoms with Gasteiger partial charge in [0.1, 0.15) is 5.75 Å². The van der Waals surface area contributed by atoms with Gasteiger partial charge in [0.25, 0.3) is 0 Å². The highest BCUT2D eigenvalue weighted by molar-refractivity contribution is 6.39. The summed E-state index contributed by atoms with van der Waals surface area (Å²) in [5, 5.41) is 16.3. The third-order valence-corrected chi connectivity index (χ3v) is 1.69. The smallest absolute Gasteiger partial charge is 0.115 e. The molecule has 3 heteroatoms. The van der Waals surface area contributed by atoms with Crippen LogP contribution in [-0.4, -0.2) is 16.5 Å². The predicted octanol–water partition coefficient (Wildman–Crippen LogP) is 2.52. The number of aliphatic imine (C=N–C) groups is 1. The summed E-state index contributed by atoms with van der Waals surface area (Å²) in [4.78, 5) is 4.18. The molecule has 0 atom stereocenters. The second-order valence-corrected chi connectivity index (χ2v) is 2.84. The van der Waals surface area contributed by atoms with E-state index in [1.165, 1.54) is 0 Å². The molecule has 0 aliphatic rings. The van der Waals surface area contributed by atoms with Crippen LogP contribution < -0.4 is 0 Å². The number of nitrogens with zero attached hydrogens (tertiary/aromatic N) is 1. The molecule has 0 saturated heterocycles. The number of phenols is 1. The SMILES string of the molecule is CC(=N)C(C)=Nc1ccc(O)cc1. The third kappa shape index (κ3) is 2.71. The molecule has 0 aliphatic carbocycles. The van der Waals surface area contributed by atoms with E-state index >= 15 is 0 Å². The molecule has 1 aromatic carbocycles. The topological polar surface area (TPSA) is 56.4 Å². The van der Waals surface area contributed by atoms with Crippen LogP contribution in [0.15, 0.2) is 29.3 Å². The van der Waals surface area contributed by atoms with E-state index in [9.17, 15) is 0 Å². The van der Waals surface area contributed by atoms with Gasteiger partial charge in [0.05, 0.1) is 11.4 Å². The Morgan fingerprint density at radius 2 is 1.77 bits per heavy atom. The minimum Gasteiger partial charge on any atom is -0.508 e. The molecule has 0 unspecified atom stereocenters. The minimum absolute atomic E-state index is 0.225. The van der Waals surface area contributed by atoms with Crippen LogP contribution in [0.5, 0.6) is 5.75 Å². The Labute approximate surface area is 77.3 Å². The maximum Gasteiger partial charge on any atom is 0.115 e. The molecule has 0 amide bonds. The van der Waals surface area contributed by atoms with E-state index in [0.717, 1.165) is 5.69 Å². The predicted molar refractivity (Wildman–Crippen MR) is 54.3 cm³/mol. The Hall–Kier alpha value is -1.64. The Balaban J connectivity index is 2.92. The number of aromatic hydroxyl groups is 1. The van der Waals surface area contributed by atoms with E-state index in [-0.39, 0.29) is 5.75 Å². The van der Waals surface area contributed by atoms with E-state index in [1.807, 2.05) is 0 Å². The fraction of sp³-hybridized carbons (Fsp3) is 0.200. The number of phenolic OH excluding ortho intramolecular Hbond substituents is 1. The van der Waals surface area contributed by atoms with Crippen LogP contribution >= 0.6 is 0 Å². The van der Waals surface area contributed by atoms with Crippen molar-refractivity contribution in [3.8, 4) is 5.75 Å². The van der Waals surface area contributed by atoms with Gasteiger partial charge in [-0.1, -0.05) is 0 Å². The van der Waals surface area contributed by atoms with Gasteiger partial charge in [0.15, 0.2) is 0 Å². The first-order chi connectivity index (χ1) is 6.09. The summed E-state index contributed by atoms with van der Waals surface area (Å²) in [5.41, 5.74) is 1.89. The van der Waals surface area contributed by atoms with Crippen LogP contribution in [0.1, 0.15) is 13.8 Å². The van der Waals surface area contributed by atoms with Crippen molar-refractivity contribution in [1.29, 1.82) is 5.41 Å². The van der Waals surface area contributed by atoms with E-state index < -0.39 is 0 Å². The molecule has 68 valence electrons. The van der Waals surface area contributed by atoms with Gasteiger partial charge in [0, 0.05) is 5.71 Å². The standard InChI is InChI=1S/C10H12N2O/c1-7(11)8(2)12-9-3-5-10(13)6-4-9/h3-6,11,13H,1-2H3. The Morgan fingerprint density at radius 3 is 2.23 bits per heavy atom. The molecule has 13 heavy (non-hydrogen) atoms. The average molecular weight is 176 g/mol. The number of nitrogens with one attached hydrogen (secondary N) is 1. The van der Waals surface area contributed by atoms with Gasteiger partial charge >= 0.3 is 0 Å². The van der Waals surface area contributed by atoms with Crippen molar-refractivity contribution in [3.63, 3.8) is 0 Å². The maximum absolute atomic E-state index is 9.01. The lowest BCUT2D eigenvalue weighted by molar-refractivity contribution is 0.475. The van der Waals surface area contributed by atoms with E-state index in [1.54, 1.807) is 38.1 Å². The second kappa shape index (κ2) is 3.85. The summed E-state index contributed by atoms with van der Waals surface area (Å²) in [5.74, 6) is 0.225. The molecule has 2 N–H and O–H groups in total. The Bertz CT molecular complexity index is 338. The quantitative estimate of drug-likeness (QED) is 0.668. The zero-order chi connectivity index (χ0) is 9.84. The Kier molecular flexibility index (Phi) is 2.80. The summed E-state index contributed by atoms with van der Waals surface area (Å²) in [7, 11) is 0. The average Bonchev–Trinajstić information content (AvgIpc) is 2.08. The second-order valence-electron chi connectivity index (χ2n) is 2.84. The van der Waals surface area contributed by atoms with Crippen molar-refractivity contribution >= 4 is 17.1 Å². The minimum atomic E-state index is 0.225. The zero-order valence-corrected chi connectivity index (χ0v) is 7.70. The molecule has 0 saturated carbocycles. The summed E-state index contributed by atoms with van der Waals surface area (Å²) in [6, 6.07) is 6.57. The lowest BCUT2D eigenvalue weighted by Gasteiger charge is -1.97. The van der Waals surface area contributed by atoms with Crippen molar-refractivity contribution in [3.05, 3.63) is 24.3 Å². The normalized spacial score (nSPS) is 11.4.